The van der Waals surface area contributed by atoms with Gasteiger partial charge in [-0.2, -0.15) is 0 Å². The van der Waals surface area contributed by atoms with Crippen molar-refractivity contribution >= 4 is 0 Å². The monoisotopic (exact) mass is 517 g/mol. The Bertz CT molecular complexity index is 661. The minimum atomic E-state index is 0.0205. The quantitative estimate of drug-likeness (QED) is 0.222. The van der Waals surface area contributed by atoms with Crippen LogP contribution < -0.4 is 0 Å². The highest BCUT2D eigenvalue weighted by molar-refractivity contribution is 5.36. The van der Waals surface area contributed by atoms with E-state index in [2.05, 4.69) is 99.4 Å². The zero-order valence-electron chi connectivity index (χ0n) is 28.3. The van der Waals surface area contributed by atoms with Crippen LogP contribution in [-0.2, 0) is 11.2 Å². The first-order valence-corrected chi connectivity index (χ1v) is 14.8. The van der Waals surface area contributed by atoms with Crippen molar-refractivity contribution in [2.45, 2.75) is 154 Å². The summed E-state index contributed by atoms with van der Waals surface area (Å²) in [6.45, 7) is 31.7. The van der Waals surface area contributed by atoms with Crippen molar-refractivity contribution in [3.63, 3.8) is 0 Å². The third-order valence-corrected chi connectivity index (χ3v) is 6.34. The summed E-state index contributed by atoms with van der Waals surface area (Å²) < 4.78 is 5.59. The smallest absolute Gasteiger partial charge is 0.0651 e. The number of allylic oxidation sites excluding steroid dienone is 4. The SMILES string of the molecule is C#C.C/C=C(\C)CC/C=C(\C)CCC.CC.CC.CC.CCC(C)(CCc1cc(C)c(C)c(C)c1)OC. The van der Waals surface area contributed by atoms with Crippen molar-refractivity contribution < 1.29 is 4.74 Å². The van der Waals surface area contributed by atoms with Crippen LogP contribution in [-0.4, -0.2) is 12.7 Å². The van der Waals surface area contributed by atoms with Crippen LogP contribution in [0, 0.1) is 33.6 Å². The standard InChI is InChI=1S/C16H26O.C12H22.3C2H6.C2H2/c1-7-16(5,17-6)9-8-15-10-12(2)14(4)13(3)11-15;1-5-8-12(4)10-7-9-11(3)6-2;4*1-2/h10-11H,7-9H2,1-6H3;6,10H,5,7-9H2,1-4H3;3*1-2H3;1-2H/b;11-6+,12-10+;;;;. The third kappa shape index (κ3) is 25.6. The number of rotatable bonds is 10. The van der Waals surface area contributed by atoms with Gasteiger partial charge in [0.05, 0.1) is 5.60 Å². The number of hydrogen-bond acceptors (Lipinski definition) is 1. The minimum Gasteiger partial charge on any atom is -0.379 e. The van der Waals surface area contributed by atoms with E-state index >= 15 is 0 Å². The Hall–Kier alpha value is -1.78. The molecule has 0 saturated carbocycles. The molecule has 1 heteroatoms. The first-order valence-electron chi connectivity index (χ1n) is 14.8. The fraction of sp³-hybridized carbons (Fsp3) is 0.667. The molecule has 0 aliphatic rings. The molecular formula is C36H68O. The van der Waals surface area contributed by atoms with E-state index in [0.29, 0.717) is 0 Å². The lowest BCUT2D eigenvalue weighted by Crippen LogP contribution is -2.26. The summed E-state index contributed by atoms with van der Waals surface area (Å²) >= 11 is 0. The maximum atomic E-state index is 5.59. The molecule has 1 aromatic carbocycles. The molecule has 0 aliphatic carbocycles. The molecule has 0 aliphatic heterocycles. The number of methoxy groups -OCH3 is 1. The molecule has 1 aromatic rings. The average Bonchev–Trinajstić information content (AvgIpc) is 2.95. The second-order valence-corrected chi connectivity index (χ2v) is 8.84. The van der Waals surface area contributed by atoms with E-state index in [9.17, 15) is 0 Å². The molecule has 0 saturated heterocycles. The van der Waals surface area contributed by atoms with Gasteiger partial charge in [0.15, 0.2) is 0 Å². The molecule has 218 valence electrons. The van der Waals surface area contributed by atoms with Crippen LogP contribution in [0.15, 0.2) is 35.4 Å². The van der Waals surface area contributed by atoms with Crippen molar-refractivity contribution in [3.05, 3.63) is 57.7 Å². The van der Waals surface area contributed by atoms with Crippen LogP contribution in [0.25, 0.3) is 0 Å². The van der Waals surface area contributed by atoms with Gasteiger partial charge in [-0.3, -0.25) is 0 Å². The predicted octanol–water partition coefficient (Wildman–Crippen LogP) is 12.2. The van der Waals surface area contributed by atoms with Gasteiger partial charge in [0.25, 0.3) is 0 Å². The zero-order chi connectivity index (χ0) is 30.4. The van der Waals surface area contributed by atoms with Crippen LogP contribution in [0.4, 0.5) is 0 Å². The van der Waals surface area contributed by atoms with Gasteiger partial charge in [0.2, 0.25) is 0 Å². The molecule has 0 amide bonds. The minimum absolute atomic E-state index is 0.0205. The van der Waals surface area contributed by atoms with Gasteiger partial charge < -0.3 is 4.74 Å². The molecule has 0 radical (unpaired) electrons. The molecule has 1 nitrogen and oxygen atoms in total. The molecule has 0 fully saturated rings. The number of terminal acetylenes is 1. The summed E-state index contributed by atoms with van der Waals surface area (Å²) in [7, 11) is 1.81. The summed E-state index contributed by atoms with van der Waals surface area (Å²) in [6, 6.07) is 4.63. The van der Waals surface area contributed by atoms with Crippen LogP contribution in [0.3, 0.4) is 0 Å². The van der Waals surface area contributed by atoms with E-state index in [1.54, 1.807) is 5.57 Å². The van der Waals surface area contributed by atoms with Gasteiger partial charge in [-0.15, -0.1) is 12.8 Å². The van der Waals surface area contributed by atoms with Gasteiger partial charge in [0, 0.05) is 7.11 Å². The molecular weight excluding hydrogens is 448 g/mol. The molecule has 0 N–H and O–H groups in total. The van der Waals surface area contributed by atoms with Crippen molar-refractivity contribution in [1.29, 1.82) is 0 Å². The molecule has 1 unspecified atom stereocenters. The van der Waals surface area contributed by atoms with Gasteiger partial charge in [-0.1, -0.05) is 97.2 Å². The Balaban J connectivity index is -0.000000150. The molecule has 1 rings (SSSR count). The number of ether oxygens (including phenoxy) is 1. The number of benzene rings is 1. The Kier molecular flexibility index (Phi) is 39.4. The van der Waals surface area contributed by atoms with E-state index in [-0.39, 0.29) is 5.60 Å². The highest BCUT2D eigenvalue weighted by atomic mass is 16.5. The normalized spacial score (nSPS) is 11.7. The zero-order valence-corrected chi connectivity index (χ0v) is 28.3. The molecule has 0 bridgehead atoms. The number of aryl methyl sites for hydroxylation is 3. The van der Waals surface area contributed by atoms with Crippen LogP contribution >= 0.6 is 0 Å². The second kappa shape index (κ2) is 32.2. The van der Waals surface area contributed by atoms with E-state index in [0.717, 1.165) is 19.3 Å². The molecule has 0 spiro atoms. The van der Waals surface area contributed by atoms with E-state index < -0.39 is 0 Å². The van der Waals surface area contributed by atoms with Crippen LogP contribution in [0.5, 0.6) is 0 Å². The van der Waals surface area contributed by atoms with Gasteiger partial charge in [0.1, 0.15) is 0 Å². The lowest BCUT2D eigenvalue weighted by Gasteiger charge is -2.26. The van der Waals surface area contributed by atoms with Crippen LogP contribution in [0.2, 0.25) is 0 Å². The summed E-state index contributed by atoms with van der Waals surface area (Å²) in [6.07, 6.45) is 20.8. The lowest BCUT2D eigenvalue weighted by atomic mass is 9.92. The summed E-state index contributed by atoms with van der Waals surface area (Å²) in [5.41, 5.74) is 8.71. The highest BCUT2D eigenvalue weighted by Crippen LogP contribution is 2.23. The highest BCUT2D eigenvalue weighted by Gasteiger charge is 2.20. The van der Waals surface area contributed by atoms with Gasteiger partial charge >= 0.3 is 0 Å². The second-order valence-electron chi connectivity index (χ2n) is 8.84. The third-order valence-electron chi connectivity index (χ3n) is 6.34. The Labute approximate surface area is 236 Å². The topological polar surface area (TPSA) is 9.23 Å². The lowest BCUT2D eigenvalue weighted by molar-refractivity contribution is -0.00394. The van der Waals surface area contributed by atoms with Crippen LogP contribution in [0.1, 0.15) is 144 Å². The van der Waals surface area contributed by atoms with Crippen molar-refractivity contribution in [2.75, 3.05) is 7.11 Å². The van der Waals surface area contributed by atoms with E-state index in [4.69, 9.17) is 4.74 Å². The Morgan fingerprint density at radius 3 is 1.68 bits per heavy atom. The molecule has 0 aromatic heterocycles. The van der Waals surface area contributed by atoms with Crippen molar-refractivity contribution in [3.8, 4) is 12.8 Å². The maximum absolute atomic E-state index is 5.59. The molecule has 0 heterocycles. The number of hydrogen-bond donors (Lipinski definition) is 0. The first kappa shape index (κ1) is 45.2. The summed E-state index contributed by atoms with van der Waals surface area (Å²) in [5, 5.41) is 0. The summed E-state index contributed by atoms with van der Waals surface area (Å²) in [4.78, 5) is 0. The predicted molar refractivity (Wildman–Crippen MR) is 176 cm³/mol. The fourth-order valence-corrected chi connectivity index (χ4v) is 3.29. The van der Waals surface area contributed by atoms with E-state index in [1.807, 2.05) is 48.7 Å². The molecule has 37 heavy (non-hydrogen) atoms. The van der Waals surface area contributed by atoms with Gasteiger partial charge in [-0.05, 0) is 109 Å². The Morgan fingerprint density at radius 1 is 0.865 bits per heavy atom. The van der Waals surface area contributed by atoms with E-state index in [1.165, 1.54) is 53.5 Å². The maximum Gasteiger partial charge on any atom is 0.0651 e. The fourth-order valence-electron chi connectivity index (χ4n) is 3.29. The average molecular weight is 517 g/mol. The van der Waals surface area contributed by atoms with Crippen molar-refractivity contribution in [1.82, 2.24) is 0 Å². The van der Waals surface area contributed by atoms with Crippen molar-refractivity contribution in [2.24, 2.45) is 0 Å². The van der Waals surface area contributed by atoms with Gasteiger partial charge in [-0.25, -0.2) is 0 Å². The first-order chi connectivity index (χ1) is 17.6. The summed E-state index contributed by atoms with van der Waals surface area (Å²) in [5.74, 6) is 0. The Morgan fingerprint density at radius 2 is 1.32 bits per heavy atom. The molecule has 1 atom stereocenters. The largest absolute Gasteiger partial charge is 0.379 e.